The standard InChI is InChI=1S/C29H32N10O2/c1-4-39(5-2)29(41)21-6-9-31-26-23(21)34-27(35-26)24-22-13-19(15-32-25(22)37-36-24)18-12-20(16-30-14-18)33-28(40)17-7-10-38(3)11-8-17/h6,9,12-17H,4-5,7-8,10-11H2,1-3H3,(H,33,40)(H,31,34,35)(H,32,36,37). The fourth-order valence-corrected chi connectivity index (χ4v) is 5.31. The second-order valence-corrected chi connectivity index (χ2v) is 10.3. The van der Waals surface area contributed by atoms with Crippen molar-refractivity contribution in [3.05, 3.63) is 48.5 Å². The van der Waals surface area contributed by atoms with Crippen LogP contribution in [0.5, 0.6) is 0 Å². The number of nitrogens with one attached hydrogen (secondary N) is 3. The molecule has 3 N–H and O–H groups in total. The molecule has 0 radical (unpaired) electrons. The Hall–Kier alpha value is -4.71. The number of likely N-dealkylation sites (tertiary alicyclic amines) is 1. The van der Waals surface area contributed by atoms with E-state index in [0.717, 1.165) is 42.4 Å². The van der Waals surface area contributed by atoms with E-state index >= 15 is 0 Å². The van der Waals surface area contributed by atoms with Crippen LogP contribution in [0, 0.1) is 5.92 Å². The highest BCUT2D eigenvalue weighted by Gasteiger charge is 2.24. The Balaban J connectivity index is 1.30. The summed E-state index contributed by atoms with van der Waals surface area (Å²) in [5, 5.41) is 11.2. The monoisotopic (exact) mass is 552 g/mol. The van der Waals surface area contributed by atoms with Gasteiger partial charge in [0.25, 0.3) is 5.91 Å². The Morgan fingerprint density at radius 3 is 2.61 bits per heavy atom. The average molecular weight is 553 g/mol. The summed E-state index contributed by atoms with van der Waals surface area (Å²) in [7, 11) is 2.08. The number of amides is 2. The summed E-state index contributed by atoms with van der Waals surface area (Å²) >= 11 is 0. The summed E-state index contributed by atoms with van der Waals surface area (Å²) < 4.78 is 0. The van der Waals surface area contributed by atoms with Gasteiger partial charge in [-0.25, -0.2) is 15.0 Å². The predicted molar refractivity (Wildman–Crippen MR) is 156 cm³/mol. The van der Waals surface area contributed by atoms with Gasteiger partial charge in [-0.05, 0) is 65.0 Å². The molecule has 5 aromatic heterocycles. The zero-order chi connectivity index (χ0) is 28.5. The summed E-state index contributed by atoms with van der Waals surface area (Å²) in [6.07, 6.45) is 8.42. The normalized spacial score (nSPS) is 14.5. The maximum absolute atomic E-state index is 13.1. The van der Waals surface area contributed by atoms with Crippen molar-refractivity contribution in [1.29, 1.82) is 0 Å². The van der Waals surface area contributed by atoms with Crippen molar-refractivity contribution in [2.24, 2.45) is 5.92 Å². The number of hydrogen-bond acceptors (Lipinski definition) is 8. The fraction of sp³-hybridized carbons (Fsp3) is 0.345. The van der Waals surface area contributed by atoms with Gasteiger partial charge in [0.05, 0.1) is 28.4 Å². The lowest BCUT2D eigenvalue weighted by atomic mass is 9.96. The minimum absolute atomic E-state index is 0.00230. The lowest BCUT2D eigenvalue weighted by Crippen LogP contribution is -2.35. The van der Waals surface area contributed by atoms with Crippen LogP contribution in [0.3, 0.4) is 0 Å². The third-order valence-corrected chi connectivity index (χ3v) is 7.75. The maximum Gasteiger partial charge on any atom is 0.256 e. The Kier molecular flexibility index (Phi) is 7.14. The molecule has 6 heterocycles. The van der Waals surface area contributed by atoms with Crippen molar-refractivity contribution >= 4 is 39.7 Å². The van der Waals surface area contributed by atoms with Gasteiger partial charge >= 0.3 is 0 Å². The van der Waals surface area contributed by atoms with Crippen molar-refractivity contribution in [3.63, 3.8) is 0 Å². The quantitative estimate of drug-likeness (QED) is 0.277. The fourth-order valence-electron chi connectivity index (χ4n) is 5.31. The average Bonchev–Trinajstić information content (AvgIpc) is 3.62. The molecule has 0 unspecified atom stereocenters. The van der Waals surface area contributed by atoms with E-state index in [1.165, 1.54) is 0 Å². The van der Waals surface area contributed by atoms with Crippen molar-refractivity contribution in [2.45, 2.75) is 26.7 Å². The molecule has 41 heavy (non-hydrogen) atoms. The number of hydrogen-bond donors (Lipinski definition) is 3. The SMILES string of the molecule is CCN(CC)C(=O)c1ccnc2nc(-c3[nH]nc4ncc(-c5cncc(NC(=O)C6CCN(C)CC6)c5)cc34)[nH]c12. The van der Waals surface area contributed by atoms with Crippen LogP contribution in [0.4, 0.5) is 5.69 Å². The molecule has 0 atom stereocenters. The molecule has 210 valence electrons. The van der Waals surface area contributed by atoms with Crippen LogP contribution in [0.25, 0.3) is 44.8 Å². The van der Waals surface area contributed by atoms with E-state index in [1.54, 1.807) is 35.8 Å². The first-order valence-electron chi connectivity index (χ1n) is 13.9. The number of aromatic amines is 2. The number of carbonyl (C=O) groups excluding carboxylic acids is 2. The van der Waals surface area contributed by atoms with Gasteiger partial charge in [-0.3, -0.25) is 19.7 Å². The second-order valence-electron chi connectivity index (χ2n) is 10.3. The van der Waals surface area contributed by atoms with E-state index in [2.05, 4.69) is 52.4 Å². The van der Waals surface area contributed by atoms with Gasteiger partial charge in [-0.1, -0.05) is 0 Å². The van der Waals surface area contributed by atoms with E-state index in [0.29, 0.717) is 52.7 Å². The molecule has 1 fully saturated rings. The van der Waals surface area contributed by atoms with Gasteiger partial charge in [0.15, 0.2) is 17.1 Å². The summed E-state index contributed by atoms with van der Waals surface area (Å²) in [4.78, 5) is 51.2. The zero-order valence-corrected chi connectivity index (χ0v) is 23.3. The van der Waals surface area contributed by atoms with Crippen molar-refractivity contribution in [1.82, 2.24) is 44.9 Å². The molecule has 1 aliphatic heterocycles. The van der Waals surface area contributed by atoms with Crippen molar-refractivity contribution < 1.29 is 9.59 Å². The van der Waals surface area contributed by atoms with Gasteiger partial charge in [0.2, 0.25) is 5.91 Å². The summed E-state index contributed by atoms with van der Waals surface area (Å²) in [6.45, 7) is 6.96. The third kappa shape index (κ3) is 5.13. The Bertz CT molecular complexity index is 1730. The van der Waals surface area contributed by atoms with Crippen LogP contribution >= 0.6 is 0 Å². The van der Waals surface area contributed by atoms with Gasteiger partial charge in [0.1, 0.15) is 5.69 Å². The molecule has 0 aromatic carbocycles. The number of pyridine rings is 3. The molecule has 12 nitrogen and oxygen atoms in total. The van der Waals surface area contributed by atoms with E-state index < -0.39 is 0 Å². The van der Waals surface area contributed by atoms with Crippen molar-refractivity contribution in [2.75, 3.05) is 38.5 Å². The molecular formula is C29H32N10O2. The first kappa shape index (κ1) is 26.5. The molecule has 0 aliphatic carbocycles. The number of nitrogens with zero attached hydrogens (tertiary/aromatic N) is 7. The predicted octanol–water partition coefficient (Wildman–Crippen LogP) is 3.72. The van der Waals surface area contributed by atoms with E-state index in [1.807, 2.05) is 26.0 Å². The molecule has 1 aliphatic rings. The van der Waals surface area contributed by atoms with Crippen LogP contribution < -0.4 is 5.32 Å². The molecule has 5 aromatic rings. The van der Waals surface area contributed by atoms with Crippen LogP contribution in [-0.2, 0) is 4.79 Å². The summed E-state index contributed by atoms with van der Waals surface area (Å²) in [5.74, 6) is 0.458. The Morgan fingerprint density at radius 2 is 1.83 bits per heavy atom. The van der Waals surface area contributed by atoms with Crippen LogP contribution in [-0.4, -0.2) is 90.0 Å². The van der Waals surface area contributed by atoms with Crippen LogP contribution in [0.1, 0.15) is 37.0 Å². The summed E-state index contributed by atoms with van der Waals surface area (Å²) in [6, 6.07) is 5.57. The first-order chi connectivity index (χ1) is 19.9. The lowest BCUT2D eigenvalue weighted by Gasteiger charge is -2.28. The Morgan fingerprint density at radius 1 is 1.05 bits per heavy atom. The number of piperidine rings is 1. The molecular weight excluding hydrogens is 520 g/mol. The lowest BCUT2D eigenvalue weighted by molar-refractivity contribution is -0.121. The number of H-pyrrole nitrogens is 2. The maximum atomic E-state index is 13.1. The number of fused-ring (bicyclic) bond motifs is 2. The number of carbonyl (C=O) groups is 2. The zero-order valence-electron chi connectivity index (χ0n) is 23.3. The number of rotatable bonds is 7. The van der Waals surface area contributed by atoms with Crippen LogP contribution in [0.2, 0.25) is 0 Å². The van der Waals surface area contributed by atoms with Gasteiger partial charge < -0.3 is 20.1 Å². The van der Waals surface area contributed by atoms with Crippen LogP contribution in [0.15, 0.2) is 43.0 Å². The topological polar surface area (TPSA) is 149 Å². The largest absolute Gasteiger partial charge is 0.339 e. The molecule has 6 rings (SSSR count). The highest BCUT2D eigenvalue weighted by atomic mass is 16.2. The summed E-state index contributed by atoms with van der Waals surface area (Å²) in [5.41, 5.74) is 4.97. The van der Waals surface area contributed by atoms with E-state index in [-0.39, 0.29) is 17.7 Å². The molecule has 0 saturated carbocycles. The van der Waals surface area contributed by atoms with E-state index in [9.17, 15) is 9.59 Å². The molecule has 12 heteroatoms. The highest BCUT2D eigenvalue weighted by Crippen LogP contribution is 2.30. The van der Waals surface area contributed by atoms with E-state index in [4.69, 9.17) is 0 Å². The second kappa shape index (κ2) is 11.0. The number of anilines is 1. The number of imidazole rings is 1. The molecule has 0 spiro atoms. The smallest absolute Gasteiger partial charge is 0.256 e. The minimum atomic E-state index is -0.0775. The Labute approximate surface area is 236 Å². The van der Waals surface area contributed by atoms with Gasteiger partial charge in [-0.2, -0.15) is 5.10 Å². The molecule has 1 saturated heterocycles. The minimum Gasteiger partial charge on any atom is -0.339 e. The highest BCUT2D eigenvalue weighted by molar-refractivity contribution is 6.05. The first-order valence-corrected chi connectivity index (χ1v) is 13.9. The molecule has 0 bridgehead atoms. The number of aromatic nitrogens is 7. The van der Waals surface area contributed by atoms with Crippen molar-refractivity contribution in [3.8, 4) is 22.6 Å². The van der Waals surface area contributed by atoms with Gasteiger partial charge in [-0.15, -0.1) is 0 Å². The molecule has 2 amide bonds. The van der Waals surface area contributed by atoms with Gasteiger partial charge in [0, 0.05) is 48.7 Å². The third-order valence-electron chi connectivity index (χ3n) is 7.75.